The summed E-state index contributed by atoms with van der Waals surface area (Å²) in [6.45, 7) is 4.16. The molecule has 1 aliphatic carbocycles. The fourth-order valence-electron chi connectivity index (χ4n) is 2.90. The largest absolute Gasteiger partial charge is 0.468 e. The summed E-state index contributed by atoms with van der Waals surface area (Å²) in [5.74, 6) is 0.735. The standard InChI is InChI=1S/C16H16N2O2S/c1-16(2)6-10(19)13-12(7-16)21-15(9(8-17)14(13)18)11-4-3-5-20-11/h3-5,15H,6-7,18H2,1-2H3/t15-/m1/s1. The number of thioether (sulfide) groups is 1. The number of allylic oxidation sites excluding steroid dienone is 2. The number of ketones is 1. The van der Waals surface area contributed by atoms with Crippen LogP contribution >= 0.6 is 11.8 Å². The molecular formula is C16H16N2O2S. The Hall–Kier alpha value is -1.93. The number of furan rings is 1. The fraction of sp³-hybridized carbons (Fsp3) is 0.375. The van der Waals surface area contributed by atoms with E-state index in [0.29, 0.717) is 29.0 Å². The fourth-order valence-corrected chi connectivity index (χ4v) is 4.55. The second-order valence-corrected chi connectivity index (χ2v) is 7.39. The first-order chi connectivity index (χ1) is 9.93. The lowest BCUT2D eigenvalue weighted by Gasteiger charge is -2.35. The quantitative estimate of drug-likeness (QED) is 0.859. The molecule has 108 valence electrons. The van der Waals surface area contributed by atoms with Crippen molar-refractivity contribution in [2.75, 3.05) is 0 Å². The molecule has 4 nitrogen and oxygen atoms in total. The monoisotopic (exact) mass is 300 g/mol. The number of hydrogen-bond donors (Lipinski definition) is 1. The first-order valence-corrected chi connectivity index (χ1v) is 7.67. The third-order valence-corrected chi connectivity index (χ3v) is 5.18. The first-order valence-electron chi connectivity index (χ1n) is 6.79. The molecule has 0 amide bonds. The zero-order chi connectivity index (χ0) is 15.2. The lowest BCUT2D eigenvalue weighted by molar-refractivity contribution is -0.117. The average molecular weight is 300 g/mol. The molecule has 1 atom stereocenters. The van der Waals surface area contributed by atoms with Crippen molar-refractivity contribution < 1.29 is 9.21 Å². The number of Topliss-reactive ketones (excluding diaryl/α,β-unsaturated/α-hetero) is 1. The molecule has 0 spiro atoms. The van der Waals surface area contributed by atoms with Crippen molar-refractivity contribution in [2.45, 2.75) is 31.9 Å². The Morgan fingerprint density at radius 3 is 2.86 bits per heavy atom. The molecule has 0 bridgehead atoms. The van der Waals surface area contributed by atoms with Crippen molar-refractivity contribution in [3.8, 4) is 6.07 Å². The summed E-state index contributed by atoms with van der Waals surface area (Å²) in [6.07, 6.45) is 2.85. The van der Waals surface area contributed by atoms with Crippen LogP contribution in [0.5, 0.6) is 0 Å². The molecule has 0 saturated heterocycles. The highest BCUT2D eigenvalue weighted by atomic mass is 32.2. The molecule has 1 aromatic rings. The average Bonchev–Trinajstić information content (AvgIpc) is 2.89. The Labute approximate surface area is 127 Å². The molecule has 3 rings (SSSR count). The van der Waals surface area contributed by atoms with Crippen molar-refractivity contribution in [2.24, 2.45) is 11.1 Å². The number of hydrogen-bond acceptors (Lipinski definition) is 5. The van der Waals surface area contributed by atoms with E-state index in [4.69, 9.17) is 10.2 Å². The third-order valence-electron chi connectivity index (χ3n) is 3.84. The predicted molar refractivity (Wildman–Crippen MR) is 80.9 cm³/mol. The van der Waals surface area contributed by atoms with E-state index in [1.807, 2.05) is 6.07 Å². The molecule has 0 unspecified atom stereocenters. The highest BCUT2D eigenvalue weighted by Crippen LogP contribution is 2.53. The van der Waals surface area contributed by atoms with Crippen LogP contribution in [0.15, 0.2) is 44.6 Å². The molecule has 2 N–H and O–H groups in total. The van der Waals surface area contributed by atoms with E-state index in [0.717, 1.165) is 11.3 Å². The van der Waals surface area contributed by atoms with Gasteiger partial charge in [-0.25, -0.2) is 0 Å². The van der Waals surface area contributed by atoms with E-state index in [2.05, 4.69) is 19.9 Å². The van der Waals surface area contributed by atoms with Crippen LogP contribution in [0.25, 0.3) is 0 Å². The summed E-state index contributed by atoms with van der Waals surface area (Å²) in [6, 6.07) is 5.78. The minimum atomic E-state index is -0.259. The number of rotatable bonds is 1. The SMILES string of the molecule is CC1(C)CC(=O)C2=C(C1)S[C@@H](c1ccco1)C(C#N)=C2N. The van der Waals surface area contributed by atoms with E-state index in [-0.39, 0.29) is 16.4 Å². The Morgan fingerprint density at radius 1 is 1.48 bits per heavy atom. The number of carbonyl (C=O) groups excluding carboxylic acids is 1. The Kier molecular flexibility index (Phi) is 3.22. The smallest absolute Gasteiger partial charge is 0.166 e. The summed E-state index contributed by atoms with van der Waals surface area (Å²) in [5.41, 5.74) is 7.37. The van der Waals surface area contributed by atoms with Gasteiger partial charge in [0, 0.05) is 6.42 Å². The van der Waals surface area contributed by atoms with Crippen LogP contribution in [0.4, 0.5) is 0 Å². The van der Waals surface area contributed by atoms with Gasteiger partial charge in [0.1, 0.15) is 11.0 Å². The van der Waals surface area contributed by atoms with Gasteiger partial charge in [0.25, 0.3) is 0 Å². The van der Waals surface area contributed by atoms with Gasteiger partial charge >= 0.3 is 0 Å². The molecule has 2 aliphatic rings. The normalized spacial score (nSPS) is 24.8. The minimum Gasteiger partial charge on any atom is -0.468 e. The Bertz CT molecular complexity index is 705. The maximum atomic E-state index is 12.4. The van der Waals surface area contributed by atoms with E-state index in [1.165, 1.54) is 11.8 Å². The Balaban J connectivity index is 2.11. The zero-order valence-corrected chi connectivity index (χ0v) is 12.8. The molecule has 0 fully saturated rings. The minimum absolute atomic E-state index is 0.0388. The van der Waals surface area contributed by atoms with Gasteiger partial charge in [0.05, 0.1) is 29.2 Å². The molecule has 0 aromatic carbocycles. The highest BCUT2D eigenvalue weighted by molar-refractivity contribution is 8.03. The Morgan fingerprint density at radius 2 is 2.24 bits per heavy atom. The molecule has 2 heterocycles. The van der Waals surface area contributed by atoms with Crippen molar-refractivity contribution in [3.63, 3.8) is 0 Å². The zero-order valence-electron chi connectivity index (χ0n) is 12.0. The van der Waals surface area contributed by atoms with Gasteiger partial charge in [0.2, 0.25) is 0 Å². The van der Waals surface area contributed by atoms with Crippen molar-refractivity contribution in [1.82, 2.24) is 0 Å². The summed E-state index contributed by atoms with van der Waals surface area (Å²) < 4.78 is 5.44. The number of carbonyl (C=O) groups is 1. The van der Waals surface area contributed by atoms with Gasteiger partial charge in [-0.3, -0.25) is 4.79 Å². The molecule has 0 radical (unpaired) electrons. The second-order valence-electron chi connectivity index (χ2n) is 6.19. The van der Waals surface area contributed by atoms with Gasteiger partial charge in [-0.05, 0) is 28.9 Å². The van der Waals surface area contributed by atoms with Gasteiger partial charge in [-0.2, -0.15) is 5.26 Å². The lowest BCUT2D eigenvalue weighted by Crippen LogP contribution is -2.30. The highest BCUT2D eigenvalue weighted by Gasteiger charge is 2.40. The maximum Gasteiger partial charge on any atom is 0.166 e. The van der Waals surface area contributed by atoms with Crippen LogP contribution in [-0.2, 0) is 4.79 Å². The molecule has 0 saturated carbocycles. The van der Waals surface area contributed by atoms with Crippen molar-refractivity contribution >= 4 is 17.5 Å². The number of nitrogens with two attached hydrogens (primary N) is 1. The maximum absolute atomic E-state index is 12.4. The van der Waals surface area contributed by atoms with Crippen LogP contribution in [0, 0.1) is 16.7 Å². The predicted octanol–water partition coefficient (Wildman–Crippen LogP) is 3.45. The van der Waals surface area contributed by atoms with Gasteiger partial charge in [0.15, 0.2) is 5.78 Å². The van der Waals surface area contributed by atoms with E-state index < -0.39 is 0 Å². The van der Waals surface area contributed by atoms with Crippen molar-refractivity contribution in [1.29, 1.82) is 5.26 Å². The van der Waals surface area contributed by atoms with Crippen LogP contribution in [0.1, 0.15) is 37.7 Å². The summed E-state index contributed by atoms with van der Waals surface area (Å²) >= 11 is 1.52. The molecule has 1 aliphatic heterocycles. The van der Waals surface area contributed by atoms with E-state index in [1.54, 1.807) is 12.3 Å². The van der Waals surface area contributed by atoms with Crippen LogP contribution in [0.2, 0.25) is 0 Å². The van der Waals surface area contributed by atoms with Crippen LogP contribution in [-0.4, -0.2) is 5.78 Å². The van der Waals surface area contributed by atoms with Crippen LogP contribution in [0.3, 0.4) is 0 Å². The lowest BCUT2D eigenvalue weighted by atomic mass is 9.76. The van der Waals surface area contributed by atoms with E-state index in [9.17, 15) is 10.1 Å². The van der Waals surface area contributed by atoms with Gasteiger partial charge in [-0.1, -0.05) is 13.8 Å². The van der Waals surface area contributed by atoms with Gasteiger partial charge < -0.3 is 10.2 Å². The molecule has 1 aromatic heterocycles. The summed E-state index contributed by atoms with van der Waals surface area (Å²) in [5, 5.41) is 9.17. The van der Waals surface area contributed by atoms with E-state index >= 15 is 0 Å². The van der Waals surface area contributed by atoms with Gasteiger partial charge in [-0.15, -0.1) is 11.8 Å². The van der Waals surface area contributed by atoms with Crippen LogP contribution < -0.4 is 5.73 Å². The first kappa shape index (κ1) is 14.0. The third kappa shape index (κ3) is 2.30. The summed E-state index contributed by atoms with van der Waals surface area (Å²) in [4.78, 5) is 13.4. The topological polar surface area (TPSA) is 80.0 Å². The second kappa shape index (κ2) is 4.81. The van der Waals surface area contributed by atoms with Crippen molar-refractivity contribution in [3.05, 3.63) is 45.9 Å². The summed E-state index contributed by atoms with van der Waals surface area (Å²) in [7, 11) is 0. The number of nitrogens with zero attached hydrogens (tertiary/aromatic N) is 1. The number of nitriles is 1. The molecule has 5 heteroatoms. The molecule has 21 heavy (non-hydrogen) atoms. The molecular weight excluding hydrogens is 284 g/mol.